The van der Waals surface area contributed by atoms with E-state index in [1.807, 2.05) is 43.6 Å². The van der Waals surface area contributed by atoms with E-state index in [1.54, 1.807) is 11.3 Å². The molecule has 29 heavy (non-hydrogen) atoms. The number of urea groups is 1. The number of fused-ring (bicyclic) bond motifs is 1. The summed E-state index contributed by atoms with van der Waals surface area (Å²) in [4.78, 5) is 44.8. The van der Waals surface area contributed by atoms with E-state index in [2.05, 4.69) is 10.2 Å². The van der Waals surface area contributed by atoms with E-state index in [4.69, 9.17) is 0 Å². The minimum atomic E-state index is -0.338. The van der Waals surface area contributed by atoms with Gasteiger partial charge >= 0.3 is 6.03 Å². The third kappa shape index (κ3) is 5.65. The van der Waals surface area contributed by atoms with E-state index < -0.39 is 0 Å². The maximum absolute atomic E-state index is 13.4. The Morgan fingerprint density at radius 2 is 2.14 bits per heavy atom. The highest BCUT2D eigenvalue weighted by atomic mass is 32.1. The van der Waals surface area contributed by atoms with Crippen LogP contribution in [0.2, 0.25) is 0 Å². The first-order valence-electron chi connectivity index (χ1n) is 10.3. The van der Waals surface area contributed by atoms with Gasteiger partial charge in [-0.25, -0.2) is 4.79 Å². The van der Waals surface area contributed by atoms with Crippen LogP contribution in [0.1, 0.15) is 30.6 Å². The van der Waals surface area contributed by atoms with Gasteiger partial charge in [0.25, 0.3) is 0 Å². The number of hydrogen-bond donors (Lipinski definition) is 1. The van der Waals surface area contributed by atoms with Gasteiger partial charge in [0.15, 0.2) is 0 Å². The summed E-state index contributed by atoms with van der Waals surface area (Å²) in [7, 11) is 5.93. The number of carbonyl (C=O) groups excluding carboxylic acids is 3. The van der Waals surface area contributed by atoms with Crippen LogP contribution < -0.4 is 5.32 Å². The topological polar surface area (TPSA) is 73.0 Å². The normalized spacial score (nSPS) is 25.0. The van der Waals surface area contributed by atoms with E-state index in [9.17, 15) is 14.4 Å². The molecule has 0 aromatic carbocycles. The van der Waals surface area contributed by atoms with Crippen LogP contribution in [0.3, 0.4) is 0 Å². The lowest BCUT2D eigenvalue weighted by Crippen LogP contribution is -2.55. The molecule has 1 aliphatic carbocycles. The number of piperidine rings is 1. The van der Waals surface area contributed by atoms with Crippen molar-refractivity contribution in [2.75, 3.05) is 40.8 Å². The molecule has 3 atom stereocenters. The number of nitrogens with one attached hydrogen (secondary N) is 1. The number of carbonyl (C=O) groups is 3. The van der Waals surface area contributed by atoms with Crippen molar-refractivity contribution in [3.63, 3.8) is 0 Å². The van der Waals surface area contributed by atoms with Crippen molar-refractivity contribution in [2.45, 2.75) is 38.3 Å². The summed E-state index contributed by atoms with van der Waals surface area (Å²) < 4.78 is 0. The zero-order valence-electron chi connectivity index (χ0n) is 17.6. The number of imide groups is 1. The molecule has 2 fully saturated rings. The van der Waals surface area contributed by atoms with Crippen LogP contribution in [0.4, 0.5) is 4.79 Å². The summed E-state index contributed by atoms with van der Waals surface area (Å²) in [5.74, 6) is 0.116. The van der Waals surface area contributed by atoms with Crippen LogP contribution in [-0.4, -0.2) is 79.2 Å². The molecule has 0 unspecified atom stereocenters. The first-order chi connectivity index (χ1) is 13.8. The largest absolute Gasteiger partial charge is 0.336 e. The molecule has 2 aliphatic rings. The van der Waals surface area contributed by atoms with Crippen LogP contribution in [-0.2, 0) is 16.1 Å². The highest BCUT2D eigenvalue weighted by Crippen LogP contribution is 2.36. The minimum absolute atomic E-state index is 0.135. The third-order valence-electron chi connectivity index (χ3n) is 6.00. The second-order valence-corrected chi connectivity index (χ2v) is 9.55. The zero-order valence-corrected chi connectivity index (χ0v) is 18.4. The first kappa shape index (κ1) is 21.9. The Bertz CT molecular complexity index is 722. The lowest BCUT2D eigenvalue weighted by molar-refractivity contribution is -0.138. The lowest BCUT2D eigenvalue weighted by atomic mass is 9.74. The van der Waals surface area contributed by atoms with Gasteiger partial charge in [-0.1, -0.05) is 6.07 Å². The Balaban J connectivity index is 1.71. The molecular weight excluding hydrogens is 388 g/mol. The van der Waals surface area contributed by atoms with Gasteiger partial charge in [-0.2, -0.15) is 0 Å². The smallest absolute Gasteiger partial charge is 0.324 e. The predicted molar refractivity (Wildman–Crippen MR) is 114 cm³/mol. The molecule has 160 valence electrons. The zero-order chi connectivity index (χ0) is 21.0. The number of rotatable bonds is 6. The van der Waals surface area contributed by atoms with Crippen LogP contribution >= 0.6 is 11.3 Å². The first-order valence-corrected chi connectivity index (χ1v) is 11.2. The molecule has 1 saturated heterocycles. The van der Waals surface area contributed by atoms with Gasteiger partial charge in [0.05, 0.1) is 12.5 Å². The molecule has 7 nitrogen and oxygen atoms in total. The molecule has 1 aliphatic heterocycles. The van der Waals surface area contributed by atoms with Crippen molar-refractivity contribution < 1.29 is 14.4 Å². The molecule has 1 N–H and O–H groups in total. The van der Waals surface area contributed by atoms with Crippen LogP contribution in [0.15, 0.2) is 17.5 Å². The quantitative estimate of drug-likeness (QED) is 0.762. The van der Waals surface area contributed by atoms with Gasteiger partial charge in [-0.15, -0.1) is 11.3 Å². The fraction of sp³-hybridized carbons (Fsp3) is 0.667. The number of Topliss-reactive ketones (excluding diaryl/α,β-unsaturated/α-hetero) is 1. The lowest BCUT2D eigenvalue weighted by Gasteiger charge is -2.45. The van der Waals surface area contributed by atoms with Crippen molar-refractivity contribution in [1.82, 2.24) is 20.0 Å². The molecule has 0 radical (unpaired) electrons. The molecule has 3 amide bonds. The van der Waals surface area contributed by atoms with Gasteiger partial charge < -0.3 is 15.1 Å². The SMILES string of the molecule is CN(C)CCNC(=O)N(Cc1cccs1)C(=O)[C@@H]1C[C@@H]2CC(=O)CC[C@H]2N(C)C1. The van der Waals surface area contributed by atoms with Crippen molar-refractivity contribution in [3.8, 4) is 0 Å². The van der Waals surface area contributed by atoms with Gasteiger partial charge in [-0.05, 0) is 51.3 Å². The van der Waals surface area contributed by atoms with E-state index in [0.29, 0.717) is 50.7 Å². The Morgan fingerprint density at radius 1 is 1.34 bits per heavy atom. The molecule has 1 aromatic rings. The maximum Gasteiger partial charge on any atom is 0.324 e. The number of nitrogens with zero attached hydrogens (tertiary/aromatic N) is 3. The summed E-state index contributed by atoms with van der Waals surface area (Å²) in [5.41, 5.74) is 0. The number of likely N-dealkylation sites (N-methyl/N-ethyl adjacent to an activating group) is 1. The molecule has 8 heteroatoms. The van der Waals surface area contributed by atoms with Gasteiger partial charge in [0.2, 0.25) is 5.91 Å². The second-order valence-electron chi connectivity index (χ2n) is 8.52. The standard InChI is InChI=1S/C21H32N4O3S/c1-23(2)9-8-22-21(28)25(14-18-5-4-10-29-18)20(27)16-11-15-12-17(26)6-7-19(15)24(3)13-16/h4-5,10,15-16,19H,6-9,11-14H2,1-3H3,(H,22,28)/t15-,16-,19-/m1/s1. The molecule has 3 rings (SSSR count). The number of likely N-dealkylation sites (tertiary alicyclic amines) is 1. The summed E-state index contributed by atoms with van der Waals surface area (Å²) in [6.07, 6.45) is 2.76. The average molecular weight is 421 g/mol. The van der Waals surface area contributed by atoms with E-state index in [1.165, 1.54) is 4.90 Å². The summed E-state index contributed by atoms with van der Waals surface area (Å²) >= 11 is 1.54. The molecule has 1 saturated carbocycles. The molecule has 0 bridgehead atoms. The molecule has 2 heterocycles. The fourth-order valence-corrected chi connectivity index (χ4v) is 5.20. The van der Waals surface area contributed by atoms with Crippen molar-refractivity contribution >= 4 is 29.1 Å². The van der Waals surface area contributed by atoms with Crippen molar-refractivity contribution in [2.24, 2.45) is 11.8 Å². The van der Waals surface area contributed by atoms with E-state index >= 15 is 0 Å². The maximum atomic E-state index is 13.4. The summed E-state index contributed by atoms with van der Waals surface area (Å²) in [5, 5.41) is 4.84. The highest BCUT2D eigenvalue weighted by molar-refractivity contribution is 7.09. The van der Waals surface area contributed by atoms with Crippen molar-refractivity contribution in [1.29, 1.82) is 0 Å². The van der Waals surface area contributed by atoms with E-state index in [-0.39, 0.29) is 30.3 Å². The Labute approximate surface area is 177 Å². The van der Waals surface area contributed by atoms with Crippen LogP contribution in [0, 0.1) is 11.8 Å². The fourth-order valence-electron chi connectivity index (χ4n) is 4.51. The van der Waals surface area contributed by atoms with Gasteiger partial charge in [0, 0.05) is 43.4 Å². The Morgan fingerprint density at radius 3 is 2.83 bits per heavy atom. The van der Waals surface area contributed by atoms with Crippen LogP contribution in [0.25, 0.3) is 0 Å². The summed E-state index contributed by atoms with van der Waals surface area (Å²) in [6, 6.07) is 3.91. The minimum Gasteiger partial charge on any atom is -0.336 e. The number of thiophene rings is 1. The summed E-state index contributed by atoms with van der Waals surface area (Å²) in [6.45, 7) is 2.13. The van der Waals surface area contributed by atoms with Crippen LogP contribution in [0.5, 0.6) is 0 Å². The Hall–Kier alpha value is -1.77. The average Bonchev–Trinajstić information content (AvgIpc) is 3.18. The monoisotopic (exact) mass is 420 g/mol. The van der Waals surface area contributed by atoms with Crippen molar-refractivity contribution in [3.05, 3.63) is 22.4 Å². The van der Waals surface area contributed by atoms with Gasteiger partial charge in [0.1, 0.15) is 5.78 Å². The number of hydrogen-bond acceptors (Lipinski definition) is 6. The second kappa shape index (κ2) is 9.82. The van der Waals surface area contributed by atoms with Gasteiger partial charge in [-0.3, -0.25) is 14.5 Å². The Kier molecular flexibility index (Phi) is 7.43. The third-order valence-corrected chi connectivity index (χ3v) is 6.87. The molecular formula is C21H32N4O3S. The number of ketones is 1. The predicted octanol–water partition coefficient (Wildman–Crippen LogP) is 2.04. The molecule has 0 spiro atoms. The highest BCUT2D eigenvalue weighted by Gasteiger charge is 2.42. The number of amides is 3. The molecule has 1 aromatic heterocycles. The van der Waals surface area contributed by atoms with E-state index in [0.717, 1.165) is 11.3 Å².